The Kier molecular flexibility index (Phi) is 4.46. The zero-order valence-electron chi connectivity index (χ0n) is 9.30. The highest BCUT2D eigenvalue weighted by Gasteiger charge is 1.99. The van der Waals surface area contributed by atoms with Crippen LogP contribution in [0.3, 0.4) is 0 Å². The van der Waals surface area contributed by atoms with Crippen LogP contribution < -0.4 is 10.6 Å². The molecular formula is C10H20N4. The summed E-state index contributed by atoms with van der Waals surface area (Å²) in [5.41, 5.74) is 1.06. The Balaban J connectivity index is 2.21. The monoisotopic (exact) mass is 196 g/mol. The van der Waals surface area contributed by atoms with Crippen molar-refractivity contribution in [1.29, 1.82) is 0 Å². The first-order valence-corrected chi connectivity index (χ1v) is 5.19. The van der Waals surface area contributed by atoms with Gasteiger partial charge in [-0.05, 0) is 26.4 Å². The number of aryl methyl sites for hydroxylation is 2. The number of nitrogens with one attached hydrogen (secondary N) is 2. The maximum absolute atomic E-state index is 4.26. The number of nitrogens with zero attached hydrogens (tertiary/aromatic N) is 2. The predicted molar refractivity (Wildman–Crippen MR) is 59.6 cm³/mol. The van der Waals surface area contributed by atoms with E-state index in [1.165, 1.54) is 0 Å². The lowest BCUT2D eigenvalue weighted by Gasteiger charge is -2.05. The minimum atomic E-state index is 0.992. The van der Waals surface area contributed by atoms with Gasteiger partial charge in [0, 0.05) is 19.7 Å². The molecule has 0 fully saturated rings. The molecule has 0 spiro atoms. The molecule has 1 heterocycles. The third-order valence-corrected chi connectivity index (χ3v) is 2.09. The lowest BCUT2D eigenvalue weighted by Crippen LogP contribution is -2.17. The van der Waals surface area contributed by atoms with Gasteiger partial charge in [0.25, 0.3) is 0 Å². The van der Waals surface area contributed by atoms with Crippen molar-refractivity contribution in [2.75, 3.05) is 25.0 Å². The quantitative estimate of drug-likeness (QED) is 0.670. The largest absolute Gasteiger partial charge is 0.370 e. The first-order valence-electron chi connectivity index (χ1n) is 5.19. The summed E-state index contributed by atoms with van der Waals surface area (Å²) in [6.45, 7) is 7.23. The summed E-state index contributed by atoms with van der Waals surface area (Å²) in [6.07, 6.45) is 1.14. The lowest BCUT2D eigenvalue weighted by molar-refractivity contribution is 0.683. The van der Waals surface area contributed by atoms with Gasteiger partial charge in [-0.25, -0.2) is 0 Å². The summed E-state index contributed by atoms with van der Waals surface area (Å²) < 4.78 is 1.88. The second-order valence-corrected chi connectivity index (χ2v) is 3.43. The van der Waals surface area contributed by atoms with Crippen molar-refractivity contribution in [2.45, 2.75) is 20.3 Å². The second-order valence-electron chi connectivity index (χ2n) is 3.43. The Morgan fingerprint density at radius 1 is 1.43 bits per heavy atom. The molecule has 0 atom stereocenters. The molecule has 0 unspecified atom stereocenters. The average Bonchev–Trinajstić information content (AvgIpc) is 2.45. The molecule has 0 saturated heterocycles. The first-order chi connectivity index (χ1) is 6.74. The van der Waals surface area contributed by atoms with Crippen LogP contribution in [0.15, 0.2) is 6.07 Å². The molecule has 4 nitrogen and oxygen atoms in total. The van der Waals surface area contributed by atoms with E-state index in [1.807, 2.05) is 18.7 Å². The van der Waals surface area contributed by atoms with E-state index >= 15 is 0 Å². The number of hydrogen-bond acceptors (Lipinski definition) is 3. The SMILES string of the molecule is CCNCCCNc1cc(C)nn1C. The smallest absolute Gasteiger partial charge is 0.124 e. The molecule has 4 heteroatoms. The highest BCUT2D eigenvalue weighted by molar-refractivity contribution is 5.36. The van der Waals surface area contributed by atoms with Gasteiger partial charge in [0.05, 0.1) is 5.69 Å². The maximum atomic E-state index is 4.26. The van der Waals surface area contributed by atoms with E-state index in [9.17, 15) is 0 Å². The molecule has 0 aliphatic carbocycles. The molecule has 0 aromatic carbocycles. The van der Waals surface area contributed by atoms with Gasteiger partial charge in [-0.3, -0.25) is 4.68 Å². The van der Waals surface area contributed by atoms with Gasteiger partial charge in [-0.2, -0.15) is 5.10 Å². The summed E-state index contributed by atoms with van der Waals surface area (Å²) in [4.78, 5) is 0. The van der Waals surface area contributed by atoms with E-state index in [1.54, 1.807) is 0 Å². The Labute approximate surface area is 85.7 Å². The van der Waals surface area contributed by atoms with Crippen LogP contribution >= 0.6 is 0 Å². The fraction of sp³-hybridized carbons (Fsp3) is 0.700. The van der Waals surface area contributed by atoms with Crippen LogP contribution in [0.2, 0.25) is 0 Å². The summed E-state index contributed by atoms with van der Waals surface area (Å²) >= 11 is 0. The highest BCUT2D eigenvalue weighted by atomic mass is 15.3. The molecule has 1 rings (SSSR count). The van der Waals surface area contributed by atoms with Crippen LogP contribution in [0, 0.1) is 6.92 Å². The van der Waals surface area contributed by atoms with Gasteiger partial charge in [0.15, 0.2) is 0 Å². The Bertz CT molecular complexity index is 267. The minimum Gasteiger partial charge on any atom is -0.370 e. The van der Waals surface area contributed by atoms with E-state index in [4.69, 9.17) is 0 Å². The fourth-order valence-electron chi connectivity index (χ4n) is 1.38. The Hall–Kier alpha value is -1.03. The van der Waals surface area contributed by atoms with Crippen molar-refractivity contribution in [3.05, 3.63) is 11.8 Å². The summed E-state index contributed by atoms with van der Waals surface area (Å²) in [6, 6.07) is 2.06. The average molecular weight is 196 g/mol. The van der Waals surface area contributed by atoms with Gasteiger partial charge in [-0.1, -0.05) is 6.92 Å². The first kappa shape index (κ1) is 11.0. The third-order valence-electron chi connectivity index (χ3n) is 2.09. The van der Waals surface area contributed by atoms with Crippen LogP contribution in [0.25, 0.3) is 0 Å². The normalized spacial score (nSPS) is 10.5. The van der Waals surface area contributed by atoms with Gasteiger partial charge in [-0.15, -0.1) is 0 Å². The topological polar surface area (TPSA) is 41.9 Å². The summed E-state index contributed by atoms with van der Waals surface area (Å²) in [5, 5.41) is 10.9. The maximum Gasteiger partial charge on any atom is 0.124 e. The van der Waals surface area contributed by atoms with Crippen molar-refractivity contribution >= 4 is 5.82 Å². The Morgan fingerprint density at radius 2 is 2.21 bits per heavy atom. The van der Waals surface area contributed by atoms with E-state index in [0.717, 1.165) is 37.6 Å². The van der Waals surface area contributed by atoms with Crippen LogP contribution in [0.4, 0.5) is 5.82 Å². The van der Waals surface area contributed by atoms with Crippen molar-refractivity contribution in [3.63, 3.8) is 0 Å². The van der Waals surface area contributed by atoms with E-state index in [0.29, 0.717) is 0 Å². The minimum absolute atomic E-state index is 0.992. The van der Waals surface area contributed by atoms with Crippen LogP contribution in [0.1, 0.15) is 19.0 Å². The molecule has 1 aromatic heterocycles. The predicted octanol–water partition coefficient (Wildman–Crippen LogP) is 1.14. The molecule has 0 aliphatic rings. The molecule has 0 aliphatic heterocycles. The van der Waals surface area contributed by atoms with Crippen molar-refractivity contribution in [1.82, 2.24) is 15.1 Å². The highest BCUT2D eigenvalue weighted by Crippen LogP contribution is 2.07. The lowest BCUT2D eigenvalue weighted by atomic mass is 10.4. The second kappa shape index (κ2) is 5.65. The number of rotatable bonds is 6. The van der Waals surface area contributed by atoms with Gasteiger partial charge in [0.2, 0.25) is 0 Å². The van der Waals surface area contributed by atoms with Gasteiger partial charge in [0.1, 0.15) is 5.82 Å². The van der Waals surface area contributed by atoms with Crippen LogP contribution in [-0.2, 0) is 7.05 Å². The van der Waals surface area contributed by atoms with E-state index in [2.05, 4.69) is 28.7 Å². The van der Waals surface area contributed by atoms with Crippen LogP contribution in [0.5, 0.6) is 0 Å². The van der Waals surface area contributed by atoms with E-state index < -0.39 is 0 Å². The molecule has 0 saturated carbocycles. The number of anilines is 1. The molecule has 1 aromatic rings. The summed E-state index contributed by atoms with van der Waals surface area (Å²) in [7, 11) is 1.96. The standard InChI is InChI=1S/C10H20N4/c1-4-11-6-5-7-12-10-8-9(2)13-14(10)3/h8,11-12H,4-7H2,1-3H3. The molecule has 14 heavy (non-hydrogen) atoms. The molecule has 0 radical (unpaired) electrons. The molecule has 2 N–H and O–H groups in total. The number of hydrogen-bond donors (Lipinski definition) is 2. The molecule has 0 amide bonds. The van der Waals surface area contributed by atoms with Crippen LogP contribution in [-0.4, -0.2) is 29.4 Å². The van der Waals surface area contributed by atoms with Crippen molar-refractivity contribution < 1.29 is 0 Å². The molecular weight excluding hydrogens is 176 g/mol. The van der Waals surface area contributed by atoms with Crippen molar-refractivity contribution in [2.24, 2.45) is 7.05 Å². The Morgan fingerprint density at radius 3 is 2.79 bits per heavy atom. The number of aromatic nitrogens is 2. The van der Waals surface area contributed by atoms with Crippen molar-refractivity contribution in [3.8, 4) is 0 Å². The van der Waals surface area contributed by atoms with E-state index in [-0.39, 0.29) is 0 Å². The zero-order chi connectivity index (χ0) is 10.4. The zero-order valence-corrected chi connectivity index (χ0v) is 9.30. The third kappa shape index (κ3) is 3.38. The fourth-order valence-corrected chi connectivity index (χ4v) is 1.38. The van der Waals surface area contributed by atoms with Gasteiger partial charge < -0.3 is 10.6 Å². The molecule has 80 valence electrons. The van der Waals surface area contributed by atoms with Gasteiger partial charge >= 0.3 is 0 Å². The molecule has 0 bridgehead atoms. The summed E-state index contributed by atoms with van der Waals surface area (Å²) in [5.74, 6) is 1.10.